The van der Waals surface area contributed by atoms with E-state index in [4.69, 9.17) is 0 Å². The minimum absolute atomic E-state index is 0.265. The van der Waals surface area contributed by atoms with Crippen molar-refractivity contribution in [2.75, 3.05) is 0 Å². The summed E-state index contributed by atoms with van der Waals surface area (Å²) in [6, 6.07) is 9.32. The summed E-state index contributed by atoms with van der Waals surface area (Å²) in [7, 11) is 0. The molecule has 0 aromatic heterocycles. The van der Waals surface area contributed by atoms with E-state index in [0.29, 0.717) is 12.1 Å². The molecule has 20 heavy (non-hydrogen) atoms. The van der Waals surface area contributed by atoms with Gasteiger partial charge in [0.1, 0.15) is 11.6 Å². The van der Waals surface area contributed by atoms with Crippen molar-refractivity contribution in [3.63, 3.8) is 0 Å². The summed E-state index contributed by atoms with van der Waals surface area (Å²) < 4.78 is 27.9. The summed E-state index contributed by atoms with van der Waals surface area (Å²) in [5.41, 5.74) is 2.59. The lowest BCUT2D eigenvalue weighted by Gasteiger charge is -2.16. The Hall–Kier alpha value is -1.26. The van der Waals surface area contributed by atoms with E-state index >= 15 is 0 Å². The van der Waals surface area contributed by atoms with Gasteiger partial charge in [-0.25, -0.2) is 8.78 Å². The van der Waals surface area contributed by atoms with E-state index in [0.717, 1.165) is 22.2 Å². The predicted molar refractivity (Wildman–Crippen MR) is 80.5 cm³/mol. The summed E-state index contributed by atoms with van der Waals surface area (Å²) in [5.74, 6) is -0.819. The molecule has 0 radical (unpaired) electrons. The van der Waals surface area contributed by atoms with Crippen LogP contribution >= 0.6 is 15.9 Å². The fraction of sp³-hybridized carbons (Fsp3) is 0.250. The first-order valence-corrected chi connectivity index (χ1v) is 7.20. The van der Waals surface area contributed by atoms with Crippen molar-refractivity contribution in [1.82, 2.24) is 5.32 Å². The van der Waals surface area contributed by atoms with Crippen molar-refractivity contribution in [3.05, 3.63) is 69.2 Å². The van der Waals surface area contributed by atoms with E-state index in [9.17, 15) is 8.78 Å². The molecule has 4 heteroatoms. The van der Waals surface area contributed by atoms with Gasteiger partial charge in [-0.2, -0.15) is 0 Å². The molecule has 1 nitrogen and oxygen atoms in total. The quantitative estimate of drug-likeness (QED) is 0.836. The van der Waals surface area contributed by atoms with Crippen LogP contribution in [0.3, 0.4) is 0 Å². The molecule has 0 spiro atoms. The van der Waals surface area contributed by atoms with Gasteiger partial charge in [0.25, 0.3) is 0 Å². The van der Waals surface area contributed by atoms with E-state index < -0.39 is 11.6 Å². The van der Waals surface area contributed by atoms with E-state index in [-0.39, 0.29) is 6.04 Å². The minimum atomic E-state index is -0.424. The number of hydrogen-bond donors (Lipinski definition) is 1. The number of halogens is 3. The summed E-state index contributed by atoms with van der Waals surface area (Å²) in [4.78, 5) is 0. The fourth-order valence-corrected chi connectivity index (χ4v) is 2.65. The summed E-state index contributed by atoms with van der Waals surface area (Å²) >= 11 is 3.51. The van der Waals surface area contributed by atoms with Crippen molar-refractivity contribution >= 4 is 15.9 Å². The number of hydrogen-bond acceptors (Lipinski definition) is 1. The Labute approximate surface area is 126 Å². The smallest absolute Gasteiger partial charge is 0.128 e. The number of benzene rings is 2. The van der Waals surface area contributed by atoms with Crippen LogP contribution in [0, 0.1) is 18.6 Å². The van der Waals surface area contributed by atoms with Gasteiger partial charge in [-0.15, -0.1) is 0 Å². The lowest BCUT2D eigenvalue weighted by atomic mass is 10.1. The predicted octanol–water partition coefficient (Wildman–Crippen LogP) is 4.89. The van der Waals surface area contributed by atoms with Crippen LogP contribution in [0.1, 0.15) is 29.7 Å². The second-order valence-electron chi connectivity index (χ2n) is 4.86. The lowest BCUT2D eigenvalue weighted by molar-refractivity contribution is 0.518. The van der Waals surface area contributed by atoms with Crippen molar-refractivity contribution in [2.45, 2.75) is 26.4 Å². The Balaban J connectivity index is 2.08. The monoisotopic (exact) mass is 339 g/mol. The number of aryl methyl sites for hydroxylation is 1. The highest BCUT2D eigenvalue weighted by Crippen LogP contribution is 2.21. The first kappa shape index (κ1) is 15.1. The van der Waals surface area contributed by atoms with Crippen LogP contribution in [0.2, 0.25) is 0 Å². The molecule has 0 aliphatic rings. The highest BCUT2D eigenvalue weighted by atomic mass is 79.9. The molecule has 2 aromatic rings. The van der Waals surface area contributed by atoms with Gasteiger partial charge in [-0.1, -0.05) is 28.1 Å². The molecule has 2 aromatic carbocycles. The molecule has 0 bridgehead atoms. The van der Waals surface area contributed by atoms with Crippen molar-refractivity contribution in [2.24, 2.45) is 0 Å². The van der Waals surface area contributed by atoms with Crippen LogP contribution in [0.4, 0.5) is 8.78 Å². The van der Waals surface area contributed by atoms with Crippen molar-refractivity contribution in [3.8, 4) is 0 Å². The Bertz CT molecular complexity index is 613. The first-order chi connectivity index (χ1) is 9.47. The molecule has 0 heterocycles. The van der Waals surface area contributed by atoms with E-state index in [1.54, 1.807) is 0 Å². The molecule has 0 saturated heterocycles. The Morgan fingerprint density at radius 2 is 1.90 bits per heavy atom. The largest absolute Gasteiger partial charge is 0.306 e. The molecule has 2 rings (SSSR count). The van der Waals surface area contributed by atoms with E-state index in [1.165, 1.54) is 11.6 Å². The third kappa shape index (κ3) is 3.64. The number of nitrogens with one attached hydrogen (secondary N) is 1. The van der Waals surface area contributed by atoms with E-state index in [2.05, 4.69) is 21.2 Å². The third-order valence-electron chi connectivity index (χ3n) is 3.23. The zero-order valence-corrected chi connectivity index (χ0v) is 13.0. The van der Waals surface area contributed by atoms with Gasteiger partial charge in [0, 0.05) is 22.6 Å². The topological polar surface area (TPSA) is 12.0 Å². The lowest BCUT2D eigenvalue weighted by Crippen LogP contribution is -2.19. The molecule has 1 atom stereocenters. The SMILES string of the molecule is Cc1ccc(CNC(C)c2cc(F)ccc2F)c(Br)c1. The second-order valence-corrected chi connectivity index (χ2v) is 5.72. The molecule has 0 saturated carbocycles. The van der Waals surface area contributed by atoms with Crippen molar-refractivity contribution < 1.29 is 8.78 Å². The molecule has 0 aliphatic heterocycles. The van der Waals surface area contributed by atoms with Gasteiger partial charge in [-0.3, -0.25) is 0 Å². The van der Waals surface area contributed by atoms with Gasteiger partial charge < -0.3 is 5.32 Å². The highest BCUT2D eigenvalue weighted by molar-refractivity contribution is 9.10. The molecule has 1 unspecified atom stereocenters. The van der Waals surface area contributed by atoms with Crippen LogP contribution in [0.15, 0.2) is 40.9 Å². The first-order valence-electron chi connectivity index (χ1n) is 6.40. The Morgan fingerprint density at radius 3 is 2.60 bits per heavy atom. The Morgan fingerprint density at radius 1 is 1.15 bits per heavy atom. The van der Waals surface area contributed by atoms with Gasteiger partial charge in [-0.05, 0) is 49.2 Å². The van der Waals surface area contributed by atoms with Crippen LogP contribution < -0.4 is 5.32 Å². The molecule has 0 aliphatic carbocycles. The average Bonchev–Trinajstić information content (AvgIpc) is 2.40. The van der Waals surface area contributed by atoms with Crippen LogP contribution in [-0.4, -0.2) is 0 Å². The molecule has 0 fully saturated rings. The number of rotatable bonds is 4. The second kappa shape index (κ2) is 6.46. The zero-order valence-electron chi connectivity index (χ0n) is 11.4. The molecular weight excluding hydrogens is 324 g/mol. The summed E-state index contributed by atoms with van der Waals surface area (Å²) in [6.45, 7) is 4.42. The average molecular weight is 340 g/mol. The standard InChI is InChI=1S/C16H16BrF2N/c1-10-3-4-12(15(17)7-10)9-20-11(2)14-8-13(18)5-6-16(14)19/h3-8,11,20H,9H2,1-2H3. The molecular formula is C16H16BrF2N. The normalized spacial score (nSPS) is 12.4. The Kier molecular flexibility index (Phi) is 4.89. The minimum Gasteiger partial charge on any atom is -0.306 e. The van der Waals surface area contributed by atoms with Gasteiger partial charge in [0.15, 0.2) is 0 Å². The molecule has 0 amide bonds. The molecule has 106 valence electrons. The molecule has 1 N–H and O–H groups in total. The fourth-order valence-electron chi connectivity index (χ4n) is 2.02. The van der Waals surface area contributed by atoms with Gasteiger partial charge in [0.05, 0.1) is 0 Å². The van der Waals surface area contributed by atoms with Crippen molar-refractivity contribution in [1.29, 1.82) is 0 Å². The summed E-state index contributed by atoms with van der Waals surface area (Å²) in [5, 5.41) is 3.21. The van der Waals surface area contributed by atoms with Gasteiger partial charge >= 0.3 is 0 Å². The van der Waals surface area contributed by atoms with Crippen LogP contribution in [0.5, 0.6) is 0 Å². The van der Waals surface area contributed by atoms with Crippen LogP contribution in [-0.2, 0) is 6.54 Å². The summed E-state index contributed by atoms with van der Waals surface area (Å²) in [6.07, 6.45) is 0. The zero-order chi connectivity index (χ0) is 14.7. The van der Waals surface area contributed by atoms with E-state index in [1.807, 2.05) is 32.0 Å². The maximum Gasteiger partial charge on any atom is 0.128 e. The third-order valence-corrected chi connectivity index (χ3v) is 3.97. The van der Waals surface area contributed by atoms with Crippen LogP contribution in [0.25, 0.3) is 0 Å². The highest BCUT2D eigenvalue weighted by Gasteiger charge is 2.12. The maximum atomic E-state index is 13.7. The van der Waals surface area contributed by atoms with Gasteiger partial charge in [0.2, 0.25) is 0 Å². The maximum absolute atomic E-state index is 13.7.